The highest BCUT2D eigenvalue weighted by atomic mass is 16.7. The SMILES string of the molecule is CN1CCC(O)(c2cc(-c3cccc(B4OC(C)(C)C(C)(C)O4)c3)n(C)n2)C1=O. The lowest BCUT2D eigenvalue weighted by molar-refractivity contribution is -0.143. The minimum atomic E-state index is -1.56. The first-order chi connectivity index (χ1) is 13.4. The molecule has 1 aromatic heterocycles. The summed E-state index contributed by atoms with van der Waals surface area (Å²) in [7, 11) is 3.05. The first kappa shape index (κ1) is 20.1. The van der Waals surface area contributed by atoms with E-state index in [1.807, 2.05) is 59.0 Å². The van der Waals surface area contributed by atoms with Gasteiger partial charge in [0.15, 0.2) is 5.60 Å². The molecule has 0 spiro atoms. The maximum Gasteiger partial charge on any atom is 0.494 e. The van der Waals surface area contributed by atoms with E-state index in [0.717, 1.165) is 16.7 Å². The van der Waals surface area contributed by atoms with Gasteiger partial charge in [-0.15, -0.1) is 0 Å². The van der Waals surface area contributed by atoms with Crippen molar-refractivity contribution in [2.45, 2.75) is 50.9 Å². The van der Waals surface area contributed by atoms with Crippen molar-refractivity contribution >= 4 is 18.5 Å². The predicted octanol–water partition coefficient (Wildman–Crippen LogP) is 1.44. The normalized spacial score (nSPS) is 25.8. The van der Waals surface area contributed by atoms with Gasteiger partial charge in [0.25, 0.3) is 5.91 Å². The van der Waals surface area contributed by atoms with Crippen molar-refractivity contribution in [3.8, 4) is 11.3 Å². The molecule has 8 heteroatoms. The van der Waals surface area contributed by atoms with E-state index in [1.54, 1.807) is 17.8 Å². The molecule has 0 saturated carbocycles. The molecule has 1 amide bonds. The highest BCUT2D eigenvalue weighted by Gasteiger charge is 2.52. The van der Waals surface area contributed by atoms with Crippen LogP contribution in [0, 0.1) is 0 Å². The topological polar surface area (TPSA) is 76.8 Å². The van der Waals surface area contributed by atoms with Gasteiger partial charge in [-0.2, -0.15) is 5.10 Å². The minimum Gasteiger partial charge on any atom is -0.399 e. The van der Waals surface area contributed by atoms with Crippen LogP contribution in [0.25, 0.3) is 11.3 Å². The fourth-order valence-electron chi connectivity index (χ4n) is 3.85. The predicted molar refractivity (Wildman–Crippen MR) is 111 cm³/mol. The fourth-order valence-corrected chi connectivity index (χ4v) is 3.85. The van der Waals surface area contributed by atoms with Crippen molar-refractivity contribution in [3.63, 3.8) is 0 Å². The molecule has 0 bridgehead atoms. The molecule has 1 N–H and O–H groups in total. The first-order valence-electron chi connectivity index (χ1n) is 9.93. The van der Waals surface area contributed by atoms with Gasteiger partial charge in [0.1, 0.15) is 5.69 Å². The smallest absolute Gasteiger partial charge is 0.399 e. The number of aromatic nitrogens is 2. The average molecular weight is 397 g/mol. The molecule has 29 heavy (non-hydrogen) atoms. The van der Waals surface area contributed by atoms with Crippen molar-refractivity contribution in [1.82, 2.24) is 14.7 Å². The molecule has 2 aromatic rings. The molecule has 1 atom stereocenters. The number of carbonyl (C=O) groups excluding carboxylic acids is 1. The Morgan fingerprint density at radius 1 is 1.10 bits per heavy atom. The zero-order valence-electron chi connectivity index (χ0n) is 17.9. The van der Waals surface area contributed by atoms with E-state index < -0.39 is 23.9 Å². The number of rotatable bonds is 3. The molecule has 2 aliphatic heterocycles. The van der Waals surface area contributed by atoms with Crippen LogP contribution in [0.2, 0.25) is 0 Å². The van der Waals surface area contributed by atoms with Crippen LogP contribution in [0.5, 0.6) is 0 Å². The van der Waals surface area contributed by atoms with Crippen LogP contribution in [0.15, 0.2) is 30.3 Å². The number of likely N-dealkylation sites (N-methyl/N-ethyl adjacent to an activating group) is 1. The molecule has 1 aromatic carbocycles. The molecule has 7 nitrogen and oxygen atoms in total. The number of likely N-dealkylation sites (tertiary alicyclic amines) is 1. The lowest BCUT2D eigenvalue weighted by Gasteiger charge is -2.32. The number of aliphatic hydroxyl groups is 1. The number of benzene rings is 1. The van der Waals surface area contributed by atoms with E-state index in [1.165, 1.54) is 4.90 Å². The first-order valence-corrected chi connectivity index (χ1v) is 9.93. The summed E-state index contributed by atoms with van der Waals surface area (Å²) in [6.07, 6.45) is 0.340. The maximum absolute atomic E-state index is 12.4. The second-order valence-electron chi connectivity index (χ2n) is 9.09. The molecular weight excluding hydrogens is 369 g/mol. The third-order valence-corrected chi connectivity index (χ3v) is 6.52. The Hall–Kier alpha value is -2.16. The van der Waals surface area contributed by atoms with E-state index in [-0.39, 0.29) is 5.91 Å². The van der Waals surface area contributed by atoms with Gasteiger partial charge in [-0.1, -0.05) is 24.3 Å². The van der Waals surface area contributed by atoms with Crippen LogP contribution in [0.4, 0.5) is 0 Å². The van der Waals surface area contributed by atoms with Crippen LogP contribution in [0.1, 0.15) is 39.8 Å². The van der Waals surface area contributed by atoms with E-state index in [2.05, 4.69) is 5.10 Å². The third kappa shape index (κ3) is 3.10. The Bertz CT molecular complexity index is 955. The van der Waals surface area contributed by atoms with Crippen molar-refractivity contribution in [2.24, 2.45) is 7.05 Å². The molecule has 154 valence electrons. The zero-order chi connectivity index (χ0) is 21.2. The summed E-state index contributed by atoms with van der Waals surface area (Å²) in [4.78, 5) is 14.0. The average Bonchev–Trinajstić information content (AvgIpc) is 3.24. The molecule has 2 saturated heterocycles. The molecule has 3 heterocycles. The van der Waals surface area contributed by atoms with Gasteiger partial charge in [0.05, 0.1) is 16.9 Å². The number of carbonyl (C=O) groups is 1. The van der Waals surface area contributed by atoms with E-state index in [9.17, 15) is 9.90 Å². The Balaban J connectivity index is 1.67. The van der Waals surface area contributed by atoms with E-state index in [0.29, 0.717) is 18.7 Å². The van der Waals surface area contributed by atoms with Crippen LogP contribution in [0.3, 0.4) is 0 Å². The summed E-state index contributed by atoms with van der Waals surface area (Å²) in [5, 5.41) is 15.4. The summed E-state index contributed by atoms with van der Waals surface area (Å²) in [6.45, 7) is 8.63. The monoisotopic (exact) mass is 397 g/mol. The van der Waals surface area contributed by atoms with Crippen molar-refractivity contribution in [2.75, 3.05) is 13.6 Å². The number of amides is 1. The third-order valence-electron chi connectivity index (χ3n) is 6.52. The molecule has 2 aliphatic rings. The van der Waals surface area contributed by atoms with Crippen LogP contribution in [-0.2, 0) is 26.8 Å². The van der Waals surface area contributed by atoms with Gasteiger partial charge < -0.3 is 19.3 Å². The number of nitrogens with zero attached hydrogens (tertiary/aromatic N) is 3. The van der Waals surface area contributed by atoms with Crippen molar-refractivity contribution in [1.29, 1.82) is 0 Å². The highest BCUT2D eigenvalue weighted by molar-refractivity contribution is 6.62. The quantitative estimate of drug-likeness (QED) is 0.794. The van der Waals surface area contributed by atoms with Gasteiger partial charge in [-0.3, -0.25) is 9.48 Å². The molecule has 0 aliphatic carbocycles. The standard InChI is InChI=1S/C21H28BN3O4/c1-19(2)20(3,4)29-22(28-19)15-9-7-8-14(12-15)16-13-17(23-25(16)6)21(27)10-11-24(5)18(21)26/h7-9,12-13,27H,10-11H2,1-6H3. The molecular formula is C21H28BN3O4. The number of hydrogen-bond donors (Lipinski definition) is 1. The molecule has 0 radical (unpaired) electrons. The largest absolute Gasteiger partial charge is 0.494 e. The van der Waals surface area contributed by atoms with Crippen molar-refractivity contribution in [3.05, 3.63) is 36.0 Å². The summed E-state index contributed by atoms with van der Waals surface area (Å²) in [5.74, 6) is -0.312. The fraction of sp³-hybridized carbons (Fsp3) is 0.524. The Morgan fingerprint density at radius 3 is 2.34 bits per heavy atom. The molecule has 4 rings (SSSR count). The Kier molecular flexibility index (Phi) is 4.46. The summed E-state index contributed by atoms with van der Waals surface area (Å²) in [6, 6.07) is 9.70. The van der Waals surface area contributed by atoms with Gasteiger partial charge in [0.2, 0.25) is 0 Å². The minimum absolute atomic E-state index is 0.312. The van der Waals surface area contributed by atoms with E-state index in [4.69, 9.17) is 9.31 Å². The Morgan fingerprint density at radius 2 is 1.76 bits per heavy atom. The van der Waals surface area contributed by atoms with Crippen molar-refractivity contribution < 1.29 is 19.2 Å². The second kappa shape index (κ2) is 6.42. The van der Waals surface area contributed by atoms with Gasteiger partial charge in [-0.05, 0) is 44.8 Å². The zero-order valence-corrected chi connectivity index (χ0v) is 17.9. The highest BCUT2D eigenvalue weighted by Crippen LogP contribution is 2.37. The lowest BCUT2D eigenvalue weighted by atomic mass is 9.78. The van der Waals surface area contributed by atoms with Crippen LogP contribution >= 0.6 is 0 Å². The summed E-state index contributed by atoms with van der Waals surface area (Å²) >= 11 is 0. The van der Waals surface area contributed by atoms with E-state index >= 15 is 0 Å². The van der Waals surface area contributed by atoms with Gasteiger partial charge >= 0.3 is 7.12 Å². The summed E-state index contributed by atoms with van der Waals surface area (Å²) in [5.41, 5.74) is 0.644. The Labute approximate surface area is 171 Å². The molecule has 1 unspecified atom stereocenters. The van der Waals surface area contributed by atoms with Gasteiger partial charge in [-0.25, -0.2) is 0 Å². The number of hydrogen-bond acceptors (Lipinski definition) is 5. The van der Waals surface area contributed by atoms with Crippen LogP contribution < -0.4 is 5.46 Å². The second-order valence-corrected chi connectivity index (χ2v) is 9.09. The summed E-state index contributed by atoms with van der Waals surface area (Å²) < 4.78 is 14.0. The number of aryl methyl sites for hydroxylation is 1. The van der Waals surface area contributed by atoms with Crippen LogP contribution in [-0.4, -0.2) is 57.6 Å². The maximum atomic E-state index is 12.4. The molecule has 2 fully saturated rings. The lowest BCUT2D eigenvalue weighted by Crippen LogP contribution is -2.41. The van der Waals surface area contributed by atoms with Gasteiger partial charge in [0, 0.05) is 27.1 Å².